The molecule has 6 N–H and O–H groups in total. The zero-order valence-corrected chi connectivity index (χ0v) is 11.2. The highest BCUT2D eigenvalue weighted by Crippen LogP contribution is 2.21. The van der Waals surface area contributed by atoms with Crippen LogP contribution in [0.2, 0.25) is 0 Å². The number of nitrogens with one attached hydrogen (secondary N) is 1. The monoisotopic (exact) mass is 309 g/mol. The van der Waals surface area contributed by atoms with E-state index in [1.807, 2.05) is 5.32 Å². The molecule has 6 atom stereocenters. The van der Waals surface area contributed by atoms with Crippen molar-refractivity contribution in [2.24, 2.45) is 5.29 Å². The van der Waals surface area contributed by atoms with Crippen molar-refractivity contribution in [3.63, 3.8) is 0 Å². The summed E-state index contributed by atoms with van der Waals surface area (Å²) in [5.74, 6) is 0. The van der Waals surface area contributed by atoms with E-state index in [9.17, 15) is 35.2 Å². The molecule has 11 heteroatoms. The summed E-state index contributed by atoms with van der Waals surface area (Å²) < 4.78 is 4.72. The van der Waals surface area contributed by atoms with Crippen LogP contribution in [0.15, 0.2) is 5.29 Å². The van der Waals surface area contributed by atoms with Crippen LogP contribution in [0, 0.1) is 4.91 Å². The van der Waals surface area contributed by atoms with E-state index in [1.54, 1.807) is 6.92 Å². The number of hydrogen-bond acceptors (Lipinski definition) is 9. The maximum atomic E-state index is 11.6. The number of nitrogens with zero attached hydrogens (tertiary/aromatic N) is 2. The van der Waals surface area contributed by atoms with Crippen molar-refractivity contribution >= 4 is 6.03 Å². The van der Waals surface area contributed by atoms with Gasteiger partial charge < -0.3 is 35.6 Å². The Bertz CT molecular complexity index is 370. The van der Waals surface area contributed by atoms with Crippen molar-refractivity contribution < 1.29 is 35.1 Å². The maximum Gasteiger partial charge on any atom is 0.342 e. The number of urea groups is 1. The van der Waals surface area contributed by atoms with E-state index >= 15 is 0 Å². The number of nitroso groups, excluding NO2 is 1. The van der Waals surface area contributed by atoms with E-state index in [0.717, 1.165) is 0 Å². The van der Waals surface area contributed by atoms with Crippen molar-refractivity contribution in [1.82, 2.24) is 10.3 Å². The molecule has 1 aliphatic heterocycles. The molecule has 1 rings (SSSR count). The third kappa shape index (κ3) is 4.06. The Labute approximate surface area is 119 Å². The molecule has 1 heterocycles. The van der Waals surface area contributed by atoms with Gasteiger partial charge in [0, 0.05) is 6.54 Å². The van der Waals surface area contributed by atoms with E-state index in [4.69, 9.17) is 4.74 Å². The maximum absolute atomic E-state index is 11.6. The summed E-state index contributed by atoms with van der Waals surface area (Å²) in [4.78, 5) is 22.0. The molecule has 0 aromatic carbocycles. The van der Waals surface area contributed by atoms with E-state index in [0.29, 0.717) is 11.4 Å². The van der Waals surface area contributed by atoms with E-state index in [-0.39, 0.29) is 6.54 Å². The average molecular weight is 309 g/mol. The number of aliphatic hydroxyl groups is 5. The molecule has 2 unspecified atom stereocenters. The second-order valence-corrected chi connectivity index (χ2v) is 4.56. The molecule has 0 aliphatic carbocycles. The molecular weight excluding hydrogens is 290 g/mol. The molecule has 1 fully saturated rings. The van der Waals surface area contributed by atoms with Gasteiger partial charge in [0.25, 0.3) is 0 Å². The number of ether oxygens (including phenoxy) is 1. The van der Waals surface area contributed by atoms with Gasteiger partial charge in [0.2, 0.25) is 0 Å². The summed E-state index contributed by atoms with van der Waals surface area (Å²) in [5.41, 5.74) is 0. The highest BCUT2D eigenvalue weighted by atomic mass is 16.6. The Kier molecular flexibility index (Phi) is 6.39. The Morgan fingerprint density at radius 1 is 1.29 bits per heavy atom. The second kappa shape index (κ2) is 7.59. The number of rotatable bonds is 5. The number of hydrogen-bond donors (Lipinski definition) is 6. The van der Waals surface area contributed by atoms with Crippen molar-refractivity contribution in [3.8, 4) is 0 Å². The van der Waals surface area contributed by atoms with E-state index < -0.39 is 43.0 Å². The Morgan fingerprint density at radius 3 is 2.43 bits per heavy atom. The van der Waals surface area contributed by atoms with Gasteiger partial charge in [0.15, 0.2) is 12.5 Å². The minimum absolute atomic E-state index is 0.0140. The molecule has 21 heavy (non-hydrogen) atoms. The van der Waals surface area contributed by atoms with Crippen molar-refractivity contribution in [3.05, 3.63) is 4.91 Å². The number of aliphatic hydroxyl groups excluding tert-OH is 5. The molecule has 1 saturated heterocycles. The van der Waals surface area contributed by atoms with Crippen LogP contribution in [-0.2, 0) is 4.74 Å². The molecular formula is C10H19N3O8. The Hall–Kier alpha value is -1.37. The first-order valence-corrected chi connectivity index (χ1v) is 6.30. The van der Waals surface area contributed by atoms with Crippen LogP contribution in [0.3, 0.4) is 0 Å². The fraction of sp³-hybridized carbons (Fsp3) is 0.900. The van der Waals surface area contributed by atoms with Crippen molar-refractivity contribution in [2.75, 3.05) is 6.54 Å². The lowest BCUT2D eigenvalue weighted by Crippen LogP contribution is -2.63. The molecule has 11 nitrogen and oxygen atoms in total. The average Bonchev–Trinajstić information content (AvgIpc) is 2.45. The number of carbonyl (C=O) groups excluding carboxylic acids is 1. The zero-order valence-electron chi connectivity index (χ0n) is 11.2. The molecule has 0 bridgehead atoms. The van der Waals surface area contributed by atoms with Crippen LogP contribution in [0.1, 0.15) is 13.3 Å². The van der Waals surface area contributed by atoms with Gasteiger partial charge >= 0.3 is 6.03 Å². The molecule has 122 valence electrons. The lowest BCUT2D eigenvalue weighted by Gasteiger charge is -2.40. The summed E-state index contributed by atoms with van der Waals surface area (Å²) in [7, 11) is 0. The molecule has 0 saturated carbocycles. The lowest BCUT2D eigenvalue weighted by molar-refractivity contribution is -0.298. The van der Waals surface area contributed by atoms with Crippen LogP contribution in [-0.4, -0.2) is 80.1 Å². The topological polar surface area (TPSA) is 172 Å². The van der Waals surface area contributed by atoms with Crippen LogP contribution < -0.4 is 5.32 Å². The zero-order chi connectivity index (χ0) is 16.2. The predicted molar refractivity (Wildman–Crippen MR) is 66.2 cm³/mol. The van der Waals surface area contributed by atoms with Crippen molar-refractivity contribution in [2.45, 2.75) is 50.3 Å². The predicted octanol–water partition coefficient (Wildman–Crippen LogP) is -2.79. The van der Waals surface area contributed by atoms with Crippen LogP contribution in [0.4, 0.5) is 4.79 Å². The van der Waals surface area contributed by atoms with Crippen LogP contribution in [0.5, 0.6) is 0 Å². The highest BCUT2D eigenvalue weighted by Gasteiger charge is 2.46. The van der Waals surface area contributed by atoms with Gasteiger partial charge in [-0.05, 0) is 6.42 Å². The van der Waals surface area contributed by atoms with Gasteiger partial charge in [-0.15, -0.1) is 4.91 Å². The van der Waals surface area contributed by atoms with Crippen LogP contribution in [0.25, 0.3) is 0 Å². The van der Waals surface area contributed by atoms with Crippen molar-refractivity contribution in [1.29, 1.82) is 0 Å². The Morgan fingerprint density at radius 2 is 1.90 bits per heavy atom. The standard InChI is InChI=1S/C10H19N3O8/c1-2-3-13(12-20)10(19)11-8(17)7-5(15)4(14)6(16)9(18)21-7/h4-9,14-18H,2-3H2,1H3,(H,11,19)/t4-,5-,6+,7-,8?,9?/m0/s1. The molecule has 2 amide bonds. The van der Waals surface area contributed by atoms with Gasteiger partial charge in [-0.2, -0.15) is 5.01 Å². The van der Waals surface area contributed by atoms with E-state index in [1.165, 1.54) is 0 Å². The van der Waals surface area contributed by atoms with Gasteiger partial charge in [0.1, 0.15) is 24.4 Å². The minimum atomic E-state index is -1.85. The molecule has 0 aromatic rings. The summed E-state index contributed by atoms with van der Waals surface area (Å²) in [6.07, 6.45) is -10.1. The quantitative estimate of drug-likeness (QED) is 0.179. The summed E-state index contributed by atoms with van der Waals surface area (Å²) in [6.45, 7) is 1.71. The summed E-state index contributed by atoms with van der Waals surface area (Å²) in [6, 6.07) is -1.04. The lowest BCUT2D eigenvalue weighted by atomic mass is 9.98. The third-order valence-electron chi connectivity index (χ3n) is 2.98. The first-order valence-electron chi connectivity index (χ1n) is 6.30. The molecule has 0 spiro atoms. The minimum Gasteiger partial charge on any atom is -0.387 e. The summed E-state index contributed by atoms with van der Waals surface area (Å²) in [5, 5.41) is 52.4. The molecule has 1 aliphatic rings. The number of carbonyl (C=O) groups is 1. The SMILES string of the molecule is CCCN(N=O)C(=O)NC(O)[C@H]1OC(O)[C@H](O)[C@@H](O)[C@@H]1O. The third-order valence-corrected chi connectivity index (χ3v) is 2.98. The second-order valence-electron chi connectivity index (χ2n) is 4.56. The smallest absolute Gasteiger partial charge is 0.342 e. The normalized spacial score (nSPS) is 34.1. The highest BCUT2D eigenvalue weighted by molar-refractivity contribution is 5.73. The summed E-state index contributed by atoms with van der Waals surface area (Å²) >= 11 is 0. The fourth-order valence-electron chi connectivity index (χ4n) is 1.82. The van der Waals surface area contributed by atoms with E-state index in [2.05, 4.69) is 5.29 Å². The van der Waals surface area contributed by atoms with Gasteiger partial charge in [-0.1, -0.05) is 6.92 Å². The van der Waals surface area contributed by atoms with Crippen LogP contribution >= 0.6 is 0 Å². The Balaban J connectivity index is 2.67. The first-order chi connectivity index (χ1) is 9.83. The van der Waals surface area contributed by atoms with Gasteiger partial charge in [-0.25, -0.2) is 4.79 Å². The first kappa shape index (κ1) is 17.7. The largest absolute Gasteiger partial charge is 0.387 e. The van der Waals surface area contributed by atoms with Gasteiger partial charge in [-0.3, -0.25) is 0 Å². The van der Waals surface area contributed by atoms with Gasteiger partial charge in [0.05, 0.1) is 5.29 Å². The molecule has 0 aromatic heterocycles. The number of amides is 2. The fourth-order valence-corrected chi connectivity index (χ4v) is 1.82. The molecule has 0 radical (unpaired) electrons.